The van der Waals surface area contributed by atoms with Crippen molar-refractivity contribution in [3.63, 3.8) is 0 Å². The predicted octanol–water partition coefficient (Wildman–Crippen LogP) is 5.09. The van der Waals surface area contributed by atoms with Crippen LogP contribution in [0.25, 0.3) is 10.9 Å². The van der Waals surface area contributed by atoms with Crippen molar-refractivity contribution >= 4 is 10.9 Å². The van der Waals surface area contributed by atoms with E-state index in [4.69, 9.17) is 14.2 Å². The van der Waals surface area contributed by atoms with Gasteiger partial charge in [-0.25, -0.2) is 0 Å². The Morgan fingerprint density at radius 1 is 0.811 bits per heavy atom. The number of aromatic amines is 1. The second kappa shape index (κ2) is 10.5. The maximum atomic E-state index is 6.13. The van der Waals surface area contributed by atoms with Crippen molar-refractivity contribution < 1.29 is 14.2 Å². The van der Waals surface area contributed by atoms with E-state index in [2.05, 4.69) is 26.9 Å². The van der Waals surface area contributed by atoms with Gasteiger partial charge in [0.05, 0.1) is 12.6 Å². The molecule has 2 aliphatic rings. The first kappa shape index (κ1) is 23.9. The summed E-state index contributed by atoms with van der Waals surface area (Å²) in [6.07, 6.45) is 2.10. The van der Waals surface area contributed by atoms with Crippen LogP contribution in [0.15, 0.2) is 78.9 Å². The highest BCUT2D eigenvalue weighted by Crippen LogP contribution is 2.45. The van der Waals surface area contributed by atoms with Gasteiger partial charge in [0.2, 0.25) is 0 Å². The fourth-order valence-corrected chi connectivity index (χ4v) is 6.08. The van der Waals surface area contributed by atoms with Crippen LogP contribution in [0.3, 0.4) is 0 Å². The smallest absolute Gasteiger partial charge is 0.119 e. The molecule has 0 amide bonds. The molecule has 1 aromatic heterocycles. The fraction of sp³-hybridized carbons (Fsp3) is 0.355. The number of benzene rings is 3. The lowest BCUT2D eigenvalue weighted by Gasteiger charge is -2.45. The first-order valence-corrected chi connectivity index (χ1v) is 13.3. The van der Waals surface area contributed by atoms with Crippen LogP contribution in [-0.2, 0) is 12.0 Å². The van der Waals surface area contributed by atoms with Crippen molar-refractivity contribution in [3.8, 4) is 17.2 Å². The molecule has 1 unspecified atom stereocenters. The number of methoxy groups -OCH3 is 1. The Labute approximate surface area is 218 Å². The molecule has 2 aliphatic heterocycles. The standard InChI is InChI=1S/C31H35N3O3/c1-35-26-12-13-29-28(22-26)27-14-16-34(19-21-37-25-10-6-3-7-11-25)31(30(27)32-29)15-17-33(23-31)18-20-36-24-8-4-2-5-9-24/h2-13,22,32H,14-21,23H2,1H3. The normalized spacial score (nSPS) is 19.8. The molecule has 3 aromatic carbocycles. The van der Waals surface area contributed by atoms with E-state index in [9.17, 15) is 0 Å². The van der Waals surface area contributed by atoms with Gasteiger partial charge < -0.3 is 19.2 Å². The second-order valence-electron chi connectivity index (χ2n) is 10.0. The van der Waals surface area contributed by atoms with E-state index in [0.29, 0.717) is 13.2 Å². The summed E-state index contributed by atoms with van der Waals surface area (Å²) in [5.74, 6) is 2.77. The quantitative estimate of drug-likeness (QED) is 0.349. The van der Waals surface area contributed by atoms with Crippen LogP contribution in [0.4, 0.5) is 0 Å². The van der Waals surface area contributed by atoms with Gasteiger partial charge in [-0.3, -0.25) is 9.80 Å². The molecule has 0 bridgehead atoms. The molecule has 37 heavy (non-hydrogen) atoms. The number of likely N-dealkylation sites (tertiary alicyclic amines) is 1. The van der Waals surface area contributed by atoms with Crippen LogP contribution in [0, 0.1) is 0 Å². The van der Waals surface area contributed by atoms with Gasteiger partial charge in [-0.1, -0.05) is 36.4 Å². The number of nitrogens with zero attached hydrogens (tertiary/aromatic N) is 2. The van der Waals surface area contributed by atoms with Gasteiger partial charge in [0, 0.05) is 49.3 Å². The maximum Gasteiger partial charge on any atom is 0.119 e. The van der Waals surface area contributed by atoms with E-state index in [1.165, 1.54) is 22.2 Å². The first-order valence-electron chi connectivity index (χ1n) is 13.3. The molecule has 0 saturated carbocycles. The highest BCUT2D eigenvalue weighted by molar-refractivity contribution is 5.87. The number of para-hydroxylation sites is 2. The Morgan fingerprint density at radius 2 is 1.51 bits per heavy atom. The largest absolute Gasteiger partial charge is 0.497 e. The summed E-state index contributed by atoms with van der Waals surface area (Å²) in [5, 5.41) is 1.29. The van der Waals surface area contributed by atoms with E-state index in [1.54, 1.807) is 7.11 Å². The van der Waals surface area contributed by atoms with Gasteiger partial charge >= 0.3 is 0 Å². The Balaban J connectivity index is 1.23. The van der Waals surface area contributed by atoms with Crippen LogP contribution < -0.4 is 14.2 Å². The highest BCUT2D eigenvalue weighted by Gasteiger charge is 2.48. The van der Waals surface area contributed by atoms with Crippen molar-refractivity contribution in [1.82, 2.24) is 14.8 Å². The van der Waals surface area contributed by atoms with E-state index in [1.807, 2.05) is 66.7 Å². The molecule has 0 aliphatic carbocycles. The molecule has 1 atom stereocenters. The zero-order valence-corrected chi connectivity index (χ0v) is 21.5. The highest BCUT2D eigenvalue weighted by atomic mass is 16.5. The van der Waals surface area contributed by atoms with Crippen molar-refractivity contribution in [3.05, 3.63) is 90.1 Å². The van der Waals surface area contributed by atoms with Crippen LogP contribution in [0.5, 0.6) is 17.2 Å². The van der Waals surface area contributed by atoms with Gasteiger partial charge in [0.25, 0.3) is 0 Å². The summed E-state index contributed by atoms with van der Waals surface area (Å²) in [7, 11) is 1.74. The van der Waals surface area contributed by atoms with Gasteiger partial charge in [0.1, 0.15) is 30.5 Å². The minimum absolute atomic E-state index is 0.0629. The van der Waals surface area contributed by atoms with Crippen LogP contribution >= 0.6 is 0 Å². The Morgan fingerprint density at radius 3 is 2.22 bits per heavy atom. The summed E-state index contributed by atoms with van der Waals surface area (Å²) in [6, 6.07) is 26.6. The third-order valence-corrected chi connectivity index (χ3v) is 7.94. The monoisotopic (exact) mass is 497 g/mol. The summed E-state index contributed by atoms with van der Waals surface area (Å²) in [4.78, 5) is 9.05. The minimum atomic E-state index is -0.0629. The molecule has 4 aromatic rings. The third-order valence-electron chi connectivity index (χ3n) is 7.94. The molecular formula is C31H35N3O3. The average molecular weight is 498 g/mol. The van der Waals surface area contributed by atoms with Gasteiger partial charge in [0.15, 0.2) is 0 Å². The Kier molecular flexibility index (Phi) is 6.77. The van der Waals surface area contributed by atoms with Crippen LogP contribution in [-0.4, -0.2) is 67.8 Å². The molecule has 1 N–H and O–H groups in total. The van der Waals surface area contributed by atoms with E-state index in [0.717, 1.165) is 62.8 Å². The summed E-state index contributed by atoms with van der Waals surface area (Å²) in [5.41, 5.74) is 3.94. The second-order valence-corrected chi connectivity index (χ2v) is 10.0. The number of hydrogen-bond acceptors (Lipinski definition) is 5. The molecular weight excluding hydrogens is 462 g/mol. The average Bonchev–Trinajstić information content (AvgIpc) is 3.54. The number of hydrogen-bond donors (Lipinski definition) is 1. The molecule has 192 valence electrons. The SMILES string of the molecule is COc1ccc2[nH]c3c(c2c1)CCN(CCOc1ccccc1)C31CCN(CCOc2ccccc2)C1. The van der Waals surface area contributed by atoms with Crippen LogP contribution in [0.1, 0.15) is 17.7 Å². The Bertz CT molecular complexity index is 1320. The lowest BCUT2D eigenvalue weighted by molar-refractivity contribution is 0.0595. The molecule has 1 fully saturated rings. The summed E-state index contributed by atoms with van der Waals surface area (Å²) < 4.78 is 17.7. The molecule has 0 radical (unpaired) electrons. The molecule has 6 nitrogen and oxygen atoms in total. The number of H-pyrrole nitrogens is 1. The number of nitrogens with one attached hydrogen (secondary N) is 1. The molecule has 3 heterocycles. The van der Waals surface area contributed by atoms with Gasteiger partial charge in [-0.15, -0.1) is 0 Å². The van der Waals surface area contributed by atoms with E-state index in [-0.39, 0.29) is 5.54 Å². The molecule has 6 rings (SSSR count). The summed E-state index contributed by atoms with van der Waals surface area (Å²) >= 11 is 0. The predicted molar refractivity (Wildman–Crippen MR) is 147 cm³/mol. The Hall–Kier alpha value is -3.48. The van der Waals surface area contributed by atoms with Crippen molar-refractivity contribution in [2.75, 3.05) is 53.0 Å². The summed E-state index contributed by atoms with van der Waals surface area (Å²) in [6.45, 7) is 6.21. The topological polar surface area (TPSA) is 50.0 Å². The zero-order valence-electron chi connectivity index (χ0n) is 21.5. The van der Waals surface area contributed by atoms with Gasteiger partial charge in [-0.05, 0) is 60.9 Å². The fourth-order valence-electron chi connectivity index (χ4n) is 6.08. The molecule has 6 heteroatoms. The minimum Gasteiger partial charge on any atom is -0.497 e. The number of fused-ring (bicyclic) bond motifs is 4. The van der Waals surface area contributed by atoms with Gasteiger partial charge in [-0.2, -0.15) is 0 Å². The lowest BCUT2D eigenvalue weighted by atomic mass is 9.84. The first-order chi connectivity index (χ1) is 18.2. The number of ether oxygens (including phenoxy) is 3. The number of rotatable bonds is 9. The van der Waals surface area contributed by atoms with Crippen molar-refractivity contribution in [1.29, 1.82) is 0 Å². The lowest BCUT2D eigenvalue weighted by Crippen LogP contribution is -2.53. The third kappa shape index (κ3) is 4.79. The van der Waals surface area contributed by atoms with Crippen LogP contribution in [0.2, 0.25) is 0 Å². The van der Waals surface area contributed by atoms with E-state index >= 15 is 0 Å². The maximum absolute atomic E-state index is 6.13. The molecule has 1 saturated heterocycles. The van der Waals surface area contributed by atoms with E-state index < -0.39 is 0 Å². The zero-order chi connectivity index (χ0) is 25.1. The number of aromatic nitrogens is 1. The van der Waals surface area contributed by atoms with Crippen molar-refractivity contribution in [2.24, 2.45) is 0 Å². The molecule has 1 spiro atoms. The van der Waals surface area contributed by atoms with Crippen molar-refractivity contribution in [2.45, 2.75) is 18.4 Å².